The van der Waals surface area contributed by atoms with Crippen molar-refractivity contribution in [3.05, 3.63) is 11.8 Å². The van der Waals surface area contributed by atoms with Crippen LogP contribution in [0.2, 0.25) is 0 Å². The third-order valence-electron chi connectivity index (χ3n) is 2.13. The van der Waals surface area contributed by atoms with Crippen molar-refractivity contribution in [2.45, 2.75) is 33.2 Å². The molecule has 0 fully saturated rings. The first kappa shape index (κ1) is 16.0. The minimum atomic E-state index is -1.10. The van der Waals surface area contributed by atoms with E-state index in [9.17, 15) is 9.59 Å². The summed E-state index contributed by atoms with van der Waals surface area (Å²) in [7, 11) is 0. The van der Waals surface area contributed by atoms with Crippen LogP contribution in [0.5, 0.6) is 0 Å². The molecule has 0 radical (unpaired) electrons. The number of carbonyl (C=O) groups excluding carboxylic acids is 1. The summed E-state index contributed by atoms with van der Waals surface area (Å²) in [6.07, 6.45) is 1.60. The molecule has 1 unspecified atom stereocenters. The van der Waals surface area contributed by atoms with Crippen molar-refractivity contribution < 1.29 is 14.7 Å². The minimum Gasteiger partial charge on any atom is -0.480 e. The lowest BCUT2D eigenvalue weighted by Gasteiger charge is -2.16. The summed E-state index contributed by atoms with van der Waals surface area (Å²) in [5, 5.41) is 22.8. The van der Waals surface area contributed by atoms with Crippen LogP contribution in [0.3, 0.4) is 0 Å². The molecule has 0 bridgehead atoms. The van der Waals surface area contributed by atoms with Crippen LogP contribution in [-0.4, -0.2) is 29.6 Å². The Morgan fingerprint density at radius 1 is 1.44 bits per heavy atom. The minimum absolute atomic E-state index is 0.133. The molecule has 6 nitrogen and oxygen atoms in total. The Labute approximate surface area is 107 Å². The summed E-state index contributed by atoms with van der Waals surface area (Å²) in [5.74, 6) is -1.64. The summed E-state index contributed by atoms with van der Waals surface area (Å²) < 4.78 is 0. The van der Waals surface area contributed by atoms with Gasteiger partial charge in [-0.05, 0) is 19.3 Å². The Bertz CT molecular complexity index is 369. The fourth-order valence-electron chi connectivity index (χ4n) is 1.28. The number of carboxylic acid groups (broad SMARTS) is 1. The molecular weight excluding hydrogens is 234 g/mol. The van der Waals surface area contributed by atoms with Gasteiger partial charge in [0.25, 0.3) is 5.91 Å². The average molecular weight is 253 g/mol. The van der Waals surface area contributed by atoms with Crippen LogP contribution in [0.1, 0.15) is 27.2 Å². The van der Waals surface area contributed by atoms with E-state index in [0.717, 1.165) is 0 Å². The van der Waals surface area contributed by atoms with E-state index in [1.807, 2.05) is 20.8 Å². The Kier molecular flexibility index (Phi) is 7.20. The summed E-state index contributed by atoms with van der Waals surface area (Å²) >= 11 is 0. The normalized spacial score (nSPS) is 12.7. The number of rotatable bonds is 7. The standard InChI is InChI=1S/C12H19N3O3/c1-4-14-7-9(6-13)11(16)15-10(12(17)18)5-8(2)3/h7-8,10,14H,4-5H2,1-3H3,(H,15,16)(H,17,18)/b9-7-. The zero-order valence-corrected chi connectivity index (χ0v) is 10.9. The molecule has 6 heteroatoms. The molecule has 0 saturated carbocycles. The van der Waals surface area contributed by atoms with Crippen molar-refractivity contribution in [2.24, 2.45) is 5.92 Å². The van der Waals surface area contributed by atoms with Gasteiger partial charge in [0.05, 0.1) is 0 Å². The molecule has 100 valence electrons. The van der Waals surface area contributed by atoms with E-state index in [0.29, 0.717) is 13.0 Å². The Morgan fingerprint density at radius 2 is 2.06 bits per heavy atom. The number of carboxylic acids is 1. The lowest BCUT2D eigenvalue weighted by Crippen LogP contribution is -2.42. The maximum absolute atomic E-state index is 11.7. The van der Waals surface area contributed by atoms with Gasteiger partial charge < -0.3 is 15.7 Å². The van der Waals surface area contributed by atoms with Crippen molar-refractivity contribution in [1.29, 1.82) is 5.26 Å². The molecule has 3 N–H and O–H groups in total. The SMILES string of the molecule is CCN/C=C(/C#N)C(=O)NC(CC(C)C)C(=O)O. The van der Waals surface area contributed by atoms with Gasteiger partial charge in [-0.15, -0.1) is 0 Å². The summed E-state index contributed by atoms with van der Waals surface area (Å²) in [6.45, 7) is 6.12. The van der Waals surface area contributed by atoms with Gasteiger partial charge in [-0.1, -0.05) is 13.8 Å². The smallest absolute Gasteiger partial charge is 0.326 e. The van der Waals surface area contributed by atoms with Gasteiger partial charge in [-0.2, -0.15) is 5.26 Å². The maximum Gasteiger partial charge on any atom is 0.326 e. The highest BCUT2D eigenvalue weighted by molar-refractivity contribution is 5.99. The molecule has 0 heterocycles. The van der Waals surface area contributed by atoms with E-state index in [-0.39, 0.29) is 11.5 Å². The van der Waals surface area contributed by atoms with Crippen molar-refractivity contribution in [2.75, 3.05) is 6.54 Å². The van der Waals surface area contributed by atoms with E-state index in [2.05, 4.69) is 10.6 Å². The number of amides is 1. The zero-order chi connectivity index (χ0) is 14.1. The Balaban J connectivity index is 4.68. The number of hydrogen-bond acceptors (Lipinski definition) is 4. The molecule has 1 amide bonds. The number of aliphatic carboxylic acids is 1. The molecule has 0 saturated heterocycles. The topological polar surface area (TPSA) is 102 Å². The van der Waals surface area contributed by atoms with E-state index in [1.165, 1.54) is 6.20 Å². The van der Waals surface area contributed by atoms with Gasteiger partial charge in [0.15, 0.2) is 0 Å². The largest absolute Gasteiger partial charge is 0.480 e. The van der Waals surface area contributed by atoms with Crippen LogP contribution in [0.15, 0.2) is 11.8 Å². The van der Waals surface area contributed by atoms with Crippen LogP contribution in [0, 0.1) is 17.2 Å². The summed E-state index contributed by atoms with van der Waals surface area (Å²) in [6, 6.07) is 0.752. The Hall–Kier alpha value is -2.03. The third kappa shape index (κ3) is 5.89. The van der Waals surface area contributed by atoms with Crippen molar-refractivity contribution in [3.63, 3.8) is 0 Å². The highest BCUT2D eigenvalue weighted by Gasteiger charge is 2.22. The van der Waals surface area contributed by atoms with Crippen LogP contribution in [0.25, 0.3) is 0 Å². The molecule has 0 aromatic carbocycles. The molecule has 0 rings (SSSR count). The molecule has 0 aliphatic rings. The van der Waals surface area contributed by atoms with Crippen LogP contribution >= 0.6 is 0 Å². The first-order valence-corrected chi connectivity index (χ1v) is 5.79. The van der Waals surface area contributed by atoms with Gasteiger partial charge in [0, 0.05) is 12.7 Å². The lowest BCUT2D eigenvalue weighted by atomic mass is 10.0. The Morgan fingerprint density at radius 3 is 2.44 bits per heavy atom. The molecule has 0 aliphatic carbocycles. The van der Waals surface area contributed by atoms with Crippen molar-refractivity contribution in [1.82, 2.24) is 10.6 Å². The number of nitrogens with zero attached hydrogens (tertiary/aromatic N) is 1. The second-order valence-electron chi connectivity index (χ2n) is 4.22. The summed E-state index contributed by atoms with van der Waals surface area (Å²) in [5.41, 5.74) is -0.133. The molecule has 18 heavy (non-hydrogen) atoms. The van der Waals surface area contributed by atoms with Gasteiger partial charge in [-0.3, -0.25) is 4.79 Å². The van der Waals surface area contributed by atoms with Crippen molar-refractivity contribution in [3.8, 4) is 6.07 Å². The number of nitriles is 1. The van der Waals surface area contributed by atoms with Gasteiger partial charge >= 0.3 is 5.97 Å². The second kappa shape index (κ2) is 8.12. The molecule has 0 aromatic rings. The van der Waals surface area contributed by atoms with Gasteiger partial charge in [-0.25, -0.2) is 4.79 Å². The predicted octanol–water partition coefficient (Wildman–Crippen LogP) is 0.619. The fraction of sp³-hybridized carbons (Fsp3) is 0.583. The van der Waals surface area contributed by atoms with Crippen LogP contribution in [-0.2, 0) is 9.59 Å². The predicted molar refractivity (Wildman–Crippen MR) is 66.4 cm³/mol. The first-order valence-electron chi connectivity index (χ1n) is 5.79. The molecule has 0 aliphatic heterocycles. The monoisotopic (exact) mass is 253 g/mol. The maximum atomic E-state index is 11.7. The lowest BCUT2D eigenvalue weighted by molar-refractivity contribution is -0.141. The molecule has 0 aromatic heterocycles. The molecule has 1 atom stereocenters. The van der Waals surface area contributed by atoms with E-state index in [4.69, 9.17) is 10.4 Å². The van der Waals surface area contributed by atoms with Crippen LogP contribution in [0.4, 0.5) is 0 Å². The van der Waals surface area contributed by atoms with E-state index < -0.39 is 17.9 Å². The zero-order valence-electron chi connectivity index (χ0n) is 10.9. The number of hydrogen-bond donors (Lipinski definition) is 3. The fourth-order valence-corrected chi connectivity index (χ4v) is 1.28. The highest BCUT2D eigenvalue weighted by atomic mass is 16.4. The van der Waals surface area contributed by atoms with Crippen LogP contribution < -0.4 is 10.6 Å². The summed E-state index contributed by atoms with van der Waals surface area (Å²) in [4.78, 5) is 22.6. The third-order valence-corrected chi connectivity index (χ3v) is 2.13. The van der Waals surface area contributed by atoms with Gasteiger partial charge in [0.2, 0.25) is 0 Å². The van der Waals surface area contributed by atoms with E-state index in [1.54, 1.807) is 6.07 Å². The van der Waals surface area contributed by atoms with Gasteiger partial charge in [0.1, 0.15) is 17.7 Å². The molecular formula is C12H19N3O3. The number of carbonyl (C=O) groups is 2. The number of nitrogens with one attached hydrogen (secondary N) is 2. The average Bonchev–Trinajstić information content (AvgIpc) is 2.28. The van der Waals surface area contributed by atoms with E-state index >= 15 is 0 Å². The quantitative estimate of drug-likeness (QED) is 0.456. The molecule has 0 spiro atoms. The first-order chi connectivity index (χ1) is 8.42. The second-order valence-corrected chi connectivity index (χ2v) is 4.22. The van der Waals surface area contributed by atoms with Crippen molar-refractivity contribution >= 4 is 11.9 Å². The highest BCUT2D eigenvalue weighted by Crippen LogP contribution is 2.05.